The second-order valence-corrected chi connectivity index (χ2v) is 7.63. The maximum absolute atomic E-state index is 14.2. The Morgan fingerprint density at radius 3 is 2.73 bits per heavy atom. The summed E-state index contributed by atoms with van der Waals surface area (Å²) in [6.07, 6.45) is 3.23. The van der Waals surface area contributed by atoms with Gasteiger partial charge in [-0.25, -0.2) is 4.39 Å². The van der Waals surface area contributed by atoms with Crippen LogP contribution in [0.15, 0.2) is 65.8 Å². The van der Waals surface area contributed by atoms with Crippen LogP contribution >= 0.6 is 11.3 Å². The monoisotopic (exact) mass is 424 g/mol. The van der Waals surface area contributed by atoms with Gasteiger partial charge in [-0.15, -0.1) is 11.3 Å². The molecule has 6 nitrogen and oxygen atoms in total. The second-order valence-electron chi connectivity index (χ2n) is 6.65. The third-order valence-corrected chi connectivity index (χ3v) is 5.78. The number of nitrogens with zero attached hydrogens (tertiary/aromatic N) is 2. The van der Waals surface area contributed by atoms with Crippen molar-refractivity contribution in [2.45, 2.75) is 12.6 Å². The summed E-state index contributed by atoms with van der Waals surface area (Å²) in [5, 5.41) is 12.7. The first-order valence-corrected chi connectivity index (χ1v) is 9.94. The summed E-state index contributed by atoms with van der Waals surface area (Å²) in [6, 6.07) is 10.2. The second kappa shape index (κ2) is 8.08. The molecule has 4 rings (SSSR count). The lowest BCUT2D eigenvalue weighted by Crippen LogP contribution is -2.28. The molecular formula is C22H17FN2O4S. The number of aromatic nitrogens is 1. The number of carbonyl (C=O) groups is 2. The lowest BCUT2D eigenvalue weighted by molar-refractivity contribution is -0.140. The number of amides is 1. The third-order valence-electron chi connectivity index (χ3n) is 4.85. The average molecular weight is 424 g/mol. The Bertz CT molecular complexity index is 1130. The minimum atomic E-state index is -0.814. The molecule has 1 aliphatic heterocycles. The topological polar surface area (TPSA) is 79.7 Å². The van der Waals surface area contributed by atoms with Crippen LogP contribution < -0.4 is 4.74 Å². The fourth-order valence-electron chi connectivity index (χ4n) is 3.44. The van der Waals surface area contributed by atoms with Crippen molar-refractivity contribution >= 4 is 28.8 Å². The molecule has 3 aromatic rings. The Hall–Kier alpha value is -3.52. The SMILES string of the molecule is COc1ccc(C(O)=C2C(=O)C(=O)N(Cc3cccnc3)[C@@H]2c2cccs2)cc1F. The van der Waals surface area contributed by atoms with Gasteiger partial charge in [0.1, 0.15) is 5.76 Å². The fraction of sp³-hybridized carbons (Fsp3) is 0.136. The summed E-state index contributed by atoms with van der Waals surface area (Å²) >= 11 is 1.36. The number of ketones is 1. The van der Waals surface area contributed by atoms with Crippen molar-refractivity contribution in [3.63, 3.8) is 0 Å². The highest BCUT2D eigenvalue weighted by molar-refractivity contribution is 7.10. The lowest BCUT2D eigenvalue weighted by Gasteiger charge is -2.24. The van der Waals surface area contributed by atoms with Gasteiger partial charge >= 0.3 is 0 Å². The Morgan fingerprint density at radius 1 is 1.27 bits per heavy atom. The normalized spacial score (nSPS) is 18.1. The maximum Gasteiger partial charge on any atom is 0.295 e. The van der Waals surface area contributed by atoms with E-state index in [1.807, 2.05) is 5.38 Å². The van der Waals surface area contributed by atoms with Crippen molar-refractivity contribution in [3.8, 4) is 5.75 Å². The number of methoxy groups -OCH3 is 1. The van der Waals surface area contributed by atoms with Gasteiger partial charge in [-0.3, -0.25) is 14.6 Å². The van der Waals surface area contributed by atoms with E-state index in [0.29, 0.717) is 4.88 Å². The lowest BCUT2D eigenvalue weighted by atomic mass is 9.99. The number of hydrogen-bond donors (Lipinski definition) is 1. The first kappa shape index (κ1) is 19.8. The van der Waals surface area contributed by atoms with E-state index in [1.165, 1.54) is 35.5 Å². The number of thiophene rings is 1. The van der Waals surface area contributed by atoms with Gasteiger partial charge in [0, 0.05) is 29.4 Å². The predicted molar refractivity (Wildman–Crippen MR) is 109 cm³/mol. The Labute approximate surface area is 175 Å². The molecule has 1 aromatic carbocycles. The number of likely N-dealkylation sites (tertiary alicyclic amines) is 1. The van der Waals surface area contributed by atoms with Crippen molar-refractivity contribution in [3.05, 3.63) is 87.6 Å². The van der Waals surface area contributed by atoms with Crippen LogP contribution in [-0.2, 0) is 16.1 Å². The highest BCUT2D eigenvalue weighted by Gasteiger charge is 2.46. The van der Waals surface area contributed by atoms with Gasteiger partial charge in [-0.05, 0) is 41.3 Å². The minimum Gasteiger partial charge on any atom is -0.507 e. The van der Waals surface area contributed by atoms with Gasteiger partial charge in [0.05, 0.1) is 18.7 Å². The van der Waals surface area contributed by atoms with E-state index in [2.05, 4.69) is 4.98 Å². The van der Waals surface area contributed by atoms with Crippen LogP contribution in [0.3, 0.4) is 0 Å². The molecule has 0 unspecified atom stereocenters. The van der Waals surface area contributed by atoms with Crippen LogP contribution in [0.2, 0.25) is 0 Å². The predicted octanol–water partition coefficient (Wildman–Crippen LogP) is 3.91. The van der Waals surface area contributed by atoms with Crippen molar-refractivity contribution in [1.82, 2.24) is 9.88 Å². The summed E-state index contributed by atoms with van der Waals surface area (Å²) in [7, 11) is 1.33. The number of benzene rings is 1. The van der Waals surface area contributed by atoms with Gasteiger partial charge in [-0.2, -0.15) is 0 Å². The first-order chi connectivity index (χ1) is 14.5. The molecule has 0 radical (unpaired) electrons. The van der Waals surface area contributed by atoms with Crippen LogP contribution in [0, 0.1) is 5.82 Å². The maximum atomic E-state index is 14.2. The largest absolute Gasteiger partial charge is 0.507 e. The Morgan fingerprint density at radius 2 is 2.10 bits per heavy atom. The van der Waals surface area contributed by atoms with Crippen LogP contribution in [0.4, 0.5) is 4.39 Å². The van der Waals surface area contributed by atoms with Gasteiger partial charge in [0.15, 0.2) is 11.6 Å². The molecule has 152 valence electrons. The zero-order chi connectivity index (χ0) is 21.3. The fourth-order valence-corrected chi connectivity index (χ4v) is 4.29. The standard InChI is InChI=1S/C22H17FN2O4S/c1-29-16-7-6-14(10-15(16)23)20(26)18-19(17-5-3-9-30-17)25(22(28)21(18)27)12-13-4-2-8-24-11-13/h2-11,19,26H,12H2,1H3/t19-/m1/s1. The molecule has 1 fully saturated rings. The van der Waals surface area contributed by atoms with Crippen molar-refractivity contribution in [2.75, 3.05) is 7.11 Å². The molecule has 3 heterocycles. The molecule has 0 spiro atoms. The number of rotatable bonds is 5. The number of pyridine rings is 1. The molecular weight excluding hydrogens is 407 g/mol. The average Bonchev–Trinajstić information content (AvgIpc) is 3.37. The highest BCUT2D eigenvalue weighted by Crippen LogP contribution is 2.42. The highest BCUT2D eigenvalue weighted by atomic mass is 32.1. The molecule has 0 bridgehead atoms. The molecule has 1 N–H and O–H groups in total. The minimum absolute atomic E-state index is 0.0124. The molecule has 1 saturated heterocycles. The molecule has 1 aliphatic rings. The zero-order valence-corrected chi connectivity index (χ0v) is 16.7. The number of hydrogen-bond acceptors (Lipinski definition) is 6. The van der Waals surface area contributed by atoms with E-state index in [9.17, 15) is 19.1 Å². The van der Waals surface area contributed by atoms with E-state index in [0.717, 1.165) is 11.6 Å². The smallest absolute Gasteiger partial charge is 0.295 e. The quantitative estimate of drug-likeness (QED) is 0.382. The number of carbonyl (C=O) groups excluding carboxylic acids is 2. The Balaban J connectivity index is 1.83. The third kappa shape index (κ3) is 3.46. The molecule has 30 heavy (non-hydrogen) atoms. The van der Waals surface area contributed by atoms with Crippen molar-refractivity contribution < 1.29 is 23.8 Å². The Kier molecular flexibility index (Phi) is 5.33. The number of halogens is 1. The van der Waals surface area contributed by atoms with Crippen LogP contribution in [-0.4, -0.2) is 33.8 Å². The molecule has 0 saturated carbocycles. The van der Waals surface area contributed by atoms with Gasteiger partial charge in [-0.1, -0.05) is 12.1 Å². The molecule has 1 amide bonds. The number of ether oxygens (including phenoxy) is 1. The van der Waals surface area contributed by atoms with E-state index < -0.39 is 29.3 Å². The van der Waals surface area contributed by atoms with Gasteiger partial charge in [0.2, 0.25) is 0 Å². The zero-order valence-electron chi connectivity index (χ0n) is 15.9. The van der Waals surface area contributed by atoms with E-state index >= 15 is 0 Å². The number of aliphatic hydroxyl groups is 1. The number of aliphatic hydroxyl groups excluding tert-OH is 1. The summed E-state index contributed by atoms with van der Waals surface area (Å²) in [5.74, 6) is -2.64. The van der Waals surface area contributed by atoms with Gasteiger partial charge < -0.3 is 14.7 Å². The van der Waals surface area contributed by atoms with E-state index in [1.54, 1.807) is 36.7 Å². The molecule has 2 aromatic heterocycles. The molecule has 8 heteroatoms. The summed E-state index contributed by atoms with van der Waals surface area (Å²) in [5.41, 5.74) is 0.765. The van der Waals surface area contributed by atoms with Crippen LogP contribution in [0.25, 0.3) is 5.76 Å². The summed E-state index contributed by atoms with van der Waals surface area (Å²) in [4.78, 5) is 31.9. The van der Waals surface area contributed by atoms with Gasteiger partial charge in [0.25, 0.3) is 11.7 Å². The summed E-state index contributed by atoms with van der Waals surface area (Å²) in [6.45, 7) is 0.148. The van der Waals surface area contributed by atoms with Crippen molar-refractivity contribution in [1.29, 1.82) is 0 Å². The molecule has 1 atom stereocenters. The molecule has 0 aliphatic carbocycles. The van der Waals surface area contributed by atoms with Crippen molar-refractivity contribution in [2.24, 2.45) is 0 Å². The van der Waals surface area contributed by atoms with Crippen LogP contribution in [0.5, 0.6) is 5.75 Å². The van der Waals surface area contributed by atoms with E-state index in [4.69, 9.17) is 4.74 Å². The first-order valence-electron chi connectivity index (χ1n) is 9.06. The van der Waals surface area contributed by atoms with Crippen LogP contribution in [0.1, 0.15) is 22.0 Å². The number of Topliss-reactive ketones (excluding diaryl/α,β-unsaturated/α-hetero) is 1. The summed E-state index contributed by atoms with van der Waals surface area (Å²) < 4.78 is 19.1. The van der Waals surface area contributed by atoms with E-state index in [-0.39, 0.29) is 23.4 Å².